The highest BCUT2D eigenvalue weighted by Gasteiger charge is 2.15. The molecule has 0 saturated carbocycles. The molecule has 1 aliphatic heterocycles. The van der Waals surface area contributed by atoms with Crippen LogP contribution < -0.4 is 4.74 Å². The number of amides is 1. The van der Waals surface area contributed by atoms with E-state index in [0.29, 0.717) is 15.8 Å². The molecule has 1 amide bonds. The number of hydrogen-bond donors (Lipinski definition) is 0. The molecule has 0 bridgehead atoms. The molecule has 0 N–H and O–H groups in total. The number of carbonyl (C=O) groups excluding carboxylic acids is 1. The Morgan fingerprint density at radius 2 is 2.05 bits per heavy atom. The number of benzene rings is 1. The first-order valence-corrected chi connectivity index (χ1v) is 7.86. The first-order valence-electron chi connectivity index (χ1n) is 7.10. The number of likely N-dealkylation sites (N-methyl/N-ethyl adjacent to an activating group) is 1. The third-order valence-corrected chi connectivity index (χ3v) is 4.15. The van der Waals surface area contributed by atoms with Gasteiger partial charge in [-0.1, -0.05) is 23.2 Å². The predicted octanol–water partition coefficient (Wildman–Crippen LogP) is 2.93. The van der Waals surface area contributed by atoms with Gasteiger partial charge in [-0.3, -0.25) is 4.79 Å². The lowest BCUT2D eigenvalue weighted by atomic mass is 10.3. The monoisotopic (exact) mass is 330 g/mol. The Bertz CT molecular complexity index is 491. The predicted molar refractivity (Wildman–Crippen MR) is 85.3 cm³/mol. The minimum atomic E-state index is -0.0554. The van der Waals surface area contributed by atoms with Gasteiger partial charge in [0.05, 0.1) is 5.02 Å². The Morgan fingerprint density at radius 3 is 2.71 bits per heavy atom. The highest BCUT2D eigenvalue weighted by Crippen LogP contribution is 2.27. The van der Waals surface area contributed by atoms with Crippen LogP contribution >= 0.6 is 23.2 Å². The number of likely N-dealkylation sites (tertiary alicyclic amines) is 1. The van der Waals surface area contributed by atoms with Gasteiger partial charge in [0.15, 0.2) is 6.61 Å². The highest BCUT2D eigenvalue weighted by molar-refractivity contribution is 6.35. The molecular formula is C15H20Cl2N2O2. The number of rotatable bonds is 6. The van der Waals surface area contributed by atoms with Crippen LogP contribution in [0.4, 0.5) is 0 Å². The van der Waals surface area contributed by atoms with E-state index >= 15 is 0 Å². The number of halogens is 2. The lowest BCUT2D eigenvalue weighted by molar-refractivity contribution is -0.132. The molecule has 1 aliphatic rings. The first kappa shape index (κ1) is 16.4. The van der Waals surface area contributed by atoms with E-state index in [0.717, 1.165) is 26.2 Å². The van der Waals surface area contributed by atoms with E-state index in [1.54, 1.807) is 30.1 Å². The van der Waals surface area contributed by atoms with Crippen molar-refractivity contribution in [1.82, 2.24) is 9.80 Å². The molecule has 4 nitrogen and oxygen atoms in total. The normalized spacial score (nSPS) is 15.2. The van der Waals surface area contributed by atoms with Crippen LogP contribution in [0.25, 0.3) is 0 Å². The van der Waals surface area contributed by atoms with Crippen LogP contribution in [0.5, 0.6) is 5.75 Å². The van der Waals surface area contributed by atoms with Gasteiger partial charge >= 0.3 is 0 Å². The first-order chi connectivity index (χ1) is 10.1. The molecule has 1 aromatic carbocycles. The standard InChI is InChI=1S/C15H20Cl2N2O2/c1-18(8-9-19-6-2-3-7-19)15(20)11-21-14-5-4-12(16)10-13(14)17/h4-5,10H,2-3,6-9,11H2,1H3. The van der Waals surface area contributed by atoms with Crippen molar-refractivity contribution in [3.63, 3.8) is 0 Å². The summed E-state index contributed by atoms with van der Waals surface area (Å²) in [6.45, 7) is 3.90. The largest absolute Gasteiger partial charge is 0.482 e. The SMILES string of the molecule is CN(CCN1CCCC1)C(=O)COc1ccc(Cl)cc1Cl. The highest BCUT2D eigenvalue weighted by atomic mass is 35.5. The summed E-state index contributed by atoms with van der Waals surface area (Å²) in [5, 5.41) is 0.955. The van der Waals surface area contributed by atoms with Crippen molar-refractivity contribution < 1.29 is 9.53 Å². The maximum Gasteiger partial charge on any atom is 0.260 e. The topological polar surface area (TPSA) is 32.8 Å². The zero-order chi connectivity index (χ0) is 15.2. The minimum Gasteiger partial charge on any atom is -0.482 e. The average molecular weight is 331 g/mol. The van der Waals surface area contributed by atoms with Crippen molar-refractivity contribution in [2.45, 2.75) is 12.8 Å². The maximum atomic E-state index is 12.0. The Labute approximate surface area is 135 Å². The van der Waals surface area contributed by atoms with Crippen LogP contribution in [0.3, 0.4) is 0 Å². The molecule has 1 saturated heterocycles. The molecule has 0 radical (unpaired) electrons. The fourth-order valence-electron chi connectivity index (χ4n) is 2.26. The molecule has 0 unspecified atom stereocenters. The lowest BCUT2D eigenvalue weighted by Crippen LogP contribution is -2.37. The molecule has 0 aromatic heterocycles. The van der Waals surface area contributed by atoms with Gasteiger partial charge in [-0.25, -0.2) is 0 Å². The molecule has 2 rings (SSSR count). The molecule has 0 atom stereocenters. The van der Waals surface area contributed by atoms with Crippen LogP contribution in [0.15, 0.2) is 18.2 Å². The van der Waals surface area contributed by atoms with Crippen molar-refractivity contribution in [2.24, 2.45) is 0 Å². The van der Waals surface area contributed by atoms with Crippen molar-refractivity contribution >= 4 is 29.1 Å². The summed E-state index contributed by atoms with van der Waals surface area (Å²) >= 11 is 11.8. The summed E-state index contributed by atoms with van der Waals surface area (Å²) in [6.07, 6.45) is 2.52. The van der Waals surface area contributed by atoms with E-state index in [2.05, 4.69) is 4.90 Å². The van der Waals surface area contributed by atoms with Gasteiger partial charge in [-0.05, 0) is 44.1 Å². The molecule has 116 valence electrons. The van der Waals surface area contributed by atoms with Gasteiger partial charge < -0.3 is 14.5 Å². The molecular weight excluding hydrogens is 311 g/mol. The van der Waals surface area contributed by atoms with E-state index in [-0.39, 0.29) is 12.5 Å². The quantitative estimate of drug-likeness (QED) is 0.803. The second kappa shape index (κ2) is 7.87. The maximum absolute atomic E-state index is 12.0. The molecule has 6 heteroatoms. The summed E-state index contributed by atoms with van der Waals surface area (Å²) in [6, 6.07) is 4.95. The smallest absolute Gasteiger partial charge is 0.260 e. The number of hydrogen-bond acceptors (Lipinski definition) is 3. The van der Waals surface area contributed by atoms with Crippen LogP contribution in [0.2, 0.25) is 10.0 Å². The molecule has 0 spiro atoms. The van der Waals surface area contributed by atoms with E-state index < -0.39 is 0 Å². The third kappa shape index (κ3) is 5.06. The zero-order valence-electron chi connectivity index (χ0n) is 12.1. The van der Waals surface area contributed by atoms with Crippen LogP contribution in [0, 0.1) is 0 Å². The van der Waals surface area contributed by atoms with Crippen molar-refractivity contribution in [3.05, 3.63) is 28.2 Å². The summed E-state index contributed by atoms with van der Waals surface area (Å²) in [5.74, 6) is 0.419. The summed E-state index contributed by atoms with van der Waals surface area (Å²) in [4.78, 5) is 16.1. The van der Waals surface area contributed by atoms with E-state index in [4.69, 9.17) is 27.9 Å². The van der Waals surface area contributed by atoms with Gasteiger partial charge in [-0.2, -0.15) is 0 Å². The second-order valence-corrected chi connectivity index (χ2v) is 6.07. The van der Waals surface area contributed by atoms with Crippen molar-refractivity contribution in [1.29, 1.82) is 0 Å². The van der Waals surface area contributed by atoms with E-state index in [9.17, 15) is 4.79 Å². The van der Waals surface area contributed by atoms with Crippen LogP contribution in [-0.2, 0) is 4.79 Å². The van der Waals surface area contributed by atoms with Gasteiger partial charge in [0.2, 0.25) is 0 Å². The number of carbonyl (C=O) groups is 1. The third-order valence-electron chi connectivity index (χ3n) is 3.62. The number of ether oxygens (including phenoxy) is 1. The Balaban J connectivity index is 1.75. The average Bonchev–Trinajstić information content (AvgIpc) is 2.96. The molecule has 1 heterocycles. The molecule has 0 aliphatic carbocycles. The van der Waals surface area contributed by atoms with Gasteiger partial charge in [0, 0.05) is 25.2 Å². The Kier molecular flexibility index (Phi) is 6.15. The molecule has 1 aromatic rings. The Hall–Kier alpha value is -0.970. The van der Waals surface area contributed by atoms with Crippen molar-refractivity contribution in [2.75, 3.05) is 39.8 Å². The minimum absolute atomic E-state index is 0.0160. The summed E-state index contributed by atoms with van der Waals surface area (Å²) in [7, 11) is 1.80. The van der Waals surface area contributed by atoms with Gasteiger partial charge in [-0.15, -0.1) is 0 Å². The fraction of sp³-hybridized carbons (Fsp3) is 0.533. The zero-order valence-corrected chi connectivity index (χ0v) is 13.7. The van der Waals surface area contributed by atoms with Gasteiger partial charge in [0.1, 0.15) is 5.75 Å². The van der Waals surface area contributed by atoms with Crippen molar-refractivity contribution in [3.8, 4) is 5.75 Å². The van der Waals surface area contributed by atoms with E-state index in [1.165, 1.54) is 12.8 Å². The molecule has 21 heavy (non-hydrogen) atoms. The lowest BCUT2D eigenvalue weighted by Gasteiger charge is -2.21. The number of nitrogens with zero attached hydrogens (tertiary/aromatic N) is 2. The Morgan fingerprint density at radius 1 is 1.33 bits per heavy atom. The van der Waals surface area contributed by atoms with E-state index in [1.807, 2.05) is 0 Å². The second-order valence-electron chi connectivity index (χ2n) is 5.23. The molecule has 1 fully saturated rings. The summed E-state index contributed by atoms with van der Waals surface area (Å²) in [5.41, 5.74) is 0. The fourth-order valence-corrected chi connectivity index (χ4v) is 2.73. The van der Waals surface area contributed by atoms with Crippen LogP contribution in [-0.4, -0.2) is 55.5 Å². The summed E-state index contributed by atoms with van der Waals surface area (Å²) < 4.78 is 5.45. The van der Waals surface area contributed by atoms with Gasteiger partial charge in [0.25, 0.3) is 5.91 Å². The van der Waals surface area contributed by atoms with Crippen LogP contribution in [0.1, 0.15) is 12.8 Å².